The van der Waals surface area contributed by atoms with Gasteiger partial charge in [0.25, 0.3) is 0 Å². The average Bonchev–Trinajstić information content (AvgIpc) is 2.73. The summed E-state index contributed by atoms with van der Waals surface area (Å²) < 4.78 is 215. The third-order valence-corrected chi connectivity index (χ3v) is 5.12. The van der Waals surface area contributed by atoms with E-state index in [9.17, 15) is 75.0 Å². The van der Waals surface area contributed by atoms with Gasteiger partial charge in [-0.25, -0.2) is 8.78 Å². The van der Waals surface area contributed by atoms with Crippen molar-refractivity contribution >= 4 is 11.6 Å². The van der Waals surface area contributed by atoms with Gasteiger partial charge in [0.15, 0.2) is 0 Å². The topological polar surface area (TPSA) is 29.1 Å². The van der Waals surface area contributed by atoms with Crippen LogP contribution in [0, 0.1) is 6.92 Å². The number of carbonyl (C=O) groups is 1. The monoisotopic (exact) mass is 577 g/mol. The molecular formula is C19H15F16NO. The van der Waals surface area contributed by atoms with E-state index < -0.39 is 65.4 Å². The van der Waals surface area contributed by atoms with Crippen LogP contribution in [0.4, 0.5) is 75.9 Å². The molecule has 0 bridgehead atoms. The van der Waals surface area contributed by atoms with Crippen LogP contribution in [0.15, 0.2) is 18.2 Å². The highest BCUT2D eigenvalue weighted by molar-refractivity contribution is 5.98. The Morgan fingerprint density at radius 3 is 1.51 bits per heavy atom. The van der Waals surface area contributed by atoms with Crippen molar-refractivity contribution < 1.29 is 75.0 Å². The molecule has 37 heavy (non-hydrogen) atoms. The van der Waals surface area contributed by atoms with Crippen molar-refractivity contribution in [2.45, 2.75) is 74.6 Å². The third kappa shape index (κ3) is 4.57. The van der Waals surface area contributed by atoms with Gasteiger partial charge in [0, 0.05) is 5.69 Å². The number of benzene rings is 1. The zero-order valence-corrected chi connectivity index (χ0v) is 18.3. The first-order valence-electron chi connectivity index (χ1n) is 9.51. The summed E-state index contributed by atoms with van der Waals surface area (Å²) in [5.74, 6) is -60.4. The van der Waals surface area contributed by atoms with Crippen molar-refractivity contribution in [3.05, 3.63) is 29.3 Å². The lowest BCUT2D eigenvalue weighted by Gasteiger charge is -2.42. The summed E-state index contributed by atoms with van der Waals surface area (Å²) in [5, 5.41) is 1.04. The lowest BCUT2D eigenvalue weighted by atomic mass is 9.89. The molecule has 1 aromatic rings. The first kappa shape index (κ1) is 32.6. The quantitative estimate of drug-likeness (QED) is 0.283. The number of hydrogen-bond acceptors (Lipinski definition) is 1. The Balaban J connectivity index is 3.63. The molecule has 1 aromatic carbocycles. The van der Waals surface area contributed by atoms with Gasteiger partial charge in [-0.3, -0.25) is 4.79 Å². The molecule has 0 fully saturated rings. The van der Waals surface area contributed by atoms with Crippen molar-refractivity contribution in [1.29, 1.82) is 0 Å². The van der Waals surface area contributed by atoms with Crippen molar-refractivity contribution in [3.63, 3.8) is 0 Å². The second kappa shape index (κ2) is 9.39. The van der Waals surface area contributed by atoms with Crippen LogP contribution < -0.4 is 5.32 Å². The fraction of sp³-hybridized carbons (Fsp3) is 0.632. The minimum absolute atomic E-state index is 0.0926. The molecule has 214 valence electrons. The lowest BCUT2D eigenvalue weighted by Crippen LogP contribution is -2.74. The second-order valence-corrected chi connectivity index (χ2v) is 8.02. The summed E-state index contributed by atoms with van der Waals surface area (Å²) in [6, 6.07) is 3.46. The number of carbonyl (C=O) groups excluding carboxylic acids is 1. The number of anilines is 1. The van der Waals surface area contributed by atoms with E-state index in [0.29, 0.717) is 0 Å². The van der Waals surface area contributed by atoms with Crippen molar-refractivity contribution in [3.8, 4) is 0 Å². The maximum absolute atomic E-state index is 14.1. The van der Waals surface area contributed by atoms with Crippen molar-refractivity contribution in [1.82, 2.24) is 0 Å². The third-order valence-electron chi connectivity index (χ3n) is 5.12. The van der Waals surface area contributed by atoms with Gasteiger partial charge in [0.2, 0.25) is 0 Å². The van der Waals surface area contributed by atoms with Gasteiger partial charge in [0.1, 0.15) is 0 Å². The van der Waals surface area contributed by atoms with Gasteiger partial charge < -0.3 is 5.32 Å². The number of hydrogen-bond donors (Lipinski definition) is 1. The summed E-state index contributed by atoms with van der Waals surface area (Å²) in [6.07, 6.45) is -5.92. The van der Waals surface area contributed by atoms with E-state index in [-0.39, 0.29) is 11.1 Å². The van der Waals surface area contributed by atoms with Crippen LogP contribution >= 0.6 is 0 Å². The number of nitrogens with one attached hydrogen (secondary N) is 1. The fourth-order valence-corrected chi connectivity index (χ4v) is 2.81. The lowest BCUT2D eigenvalue weighted by molar-refractivity contribution is -0.443. The van der Waals surface area contributed by atoms with Crippen LogP contribution in [0.3, 0.4) is 0 Å². The summed E-state index contributed by atoms with van der Waals surface area (Å²) in [6.45, 7) is 3.80. The molecule has 2 nitrogen and oxygen atoms in total. The number of rotatable bonds is 10. The van der Waals surface area contributed by atoms with Crippen molar-refractivity contribution in [2.75, 3.05) is 5.32 Å². The maximum atomic E-state index is 14.1. The Morgan fingerprint density at radius 2 is 1.11 bits per heavy atom. The van der Waals surface area contributed by atoms with Gasteiger partial charge >= 0.3 is 53.8 Å². The molecule has 0 unspecified atom stereocenters. The van der Waals surface area contributed by atoms with E-state index in [0.717, 1.165) is 24.4 Å². The molecule has 0 aromatic heterocycles. The van der Waals surface area contributed by atoms with E-state index in [1.54, 1.807) is 0 Å². The minimum atomic E-state index is -8.55. The predicted octanol–water partition coefficient (Wildman–Crippen LogP) is 7.77. The number of aryl methyl sites for hydroxylation is 1. The number of para-hydroxylation sites is 1. The Bertz CT molecular complexity index is 1000. The molecule has 18 heteroatoms. The molecule has 0 saturated carbocycles. The van der Waals surface area contributed by atoms with Gasteiger partial charge in [0.05, 0.1) is 0 Å². The largest absolute Gasteiger partial charge is 0.393 e. The average molecular weight is 577 g/mol. The Hall–Kier alpha value is -2.43. The van der Waals surface area contributed by atoms with E-state index >= 15 is 0 Å². The highest BCUT2D eigenvalue weighted by Gasteiger charge is 2.94. The normalized spacial score (nSPS) is 14.9. The highest BCUT2D eigenvalue weighted by Crippen LogP contribution is 2.62. The Labute approximate surface area is 197 Å². The van der Waals surface area contributed by atoms with Crippen molar-refractivity contribution in [2.24, 2.45) is 0 Å². The highest BCUT2D eigenvalue weighted by atomic mass is 19.4. The van der Waals surface area contributed by atoms with Crippen LogP contribution in [-0.2, 0) is 4.79 Å². The van der Waals surface area contributed by atoms with Crippen LogP contribution in [0.1, 0.15) is 30.9 Å². The molecule has 0 radical (unpaired) electrons. The molecule has 0 aliphatic rings. The molecule has 0 aliphatic heterocycles. The predicted molar refractivity (Wildman–Crippen MR) is 94.5 cm³/mol. The first-order valence-corrected chi connectivity index (χ1v) is 9.51. The standard InChI is InChI=1S/C19H15F16NO/c1-7(2)9-6-4-5-8(3)10(9)36-12(37)14(24,25)16(28,29)18(32,33)19(34,35)17(30,31)15(26,27)13(22,23)11(20)21/h4-7,11H,1-3H3,(H,36,37). The van der Waals surface area contributed by atoms with Crippen LogP contribution in [0.25, 0.3) is 0 Å². The van der Waals surface area contributed by atoms with Crippen LogP contribution in [0.5, 0.6) is 0 Å². The first-order chi connectivity index (χ1) is 16.2. The number of amides is 1. The van der Waals surface area contributed by atoms with E-state index in [2.05, 4.69) is 0 Å². The smallest absolute Gasteiger partial charge is 0.320 e. The molecular weight excluding hydrogens is 562 g/mol. The van der Waals surface area contributed by atoms with Crippen LogP contribution in [0.2, 0.25) is 0 Å². The molecule has 1 rings (SSSR count). The van der Waals surface area contributed by atoms with E-state index in [1.807, 2.05) is 0 Å². The Morgan fingerprint density at radius 1 is 0.703 bits per heavy atom. The molecule has 0 aliphatic carbocycles. The van der Waals surface area contributed by atoms with E-state index in [4.69, 9.17) is 0 Å². The zero-order valence-electron chi connectivity index (χ0n) is 18.3. The SMILES string of the molecule is Cc1cccc(C(C)C)c1NC(=O)C(F)(F)C(F)(F)C(F)(F)C(F)(F)C(F)(F)C(F)(F)C(F)(F)C(F)F. The summed E-state index contributed by atoms with van der Waals surface area (Å²) >= 11 is 0. The molecule has 0 atom stereocenters. The molecule has 1 amide bonds. The van der Waals surface area contributed by atoms with E-state index in [1.165, 1.54) is 19.9 Å². The molecule has 0 saturated heterocycles. The molecule has 0 heterocycles. The van der Waals surface area contributed by atoms with Gasteiger partial charge in [-0.05, 0) is 24.0 Å². The Kier molecular flexibility index (Phi) is 8.28. The number of alkyl halides is 16. The summed E-state index contributed by atoms with van der Waals surface area (Å²) in [7, 11) is 0. The second-order valence-electron chi connectivity index (χ2n) is 8.02. The molecule has 1 N–H and O–H groups in total. The maximum Gasteiger partial charge on any atom is 0.393 e. The van der Waals surface area contributed by atoms with Gasteiger partial charge in [-0.2, -0.15) is 61.5 Å². The van der Waals surface area contributed by atoms with Gasteiger partial charge in [-0.1, -0.05) is 32.0 Å². The fourth-order valence-electron chi connectivity index (χ4n) is 2.81. The summed E-state index contributed by atoms with van der Waals surface area (Å²) in [4.78, 5) is 11.8. The minimum Gasteiger partial charge on any atom is -0.320 e. The summed E-state index contributed by atoms with van der Waals surface area (Å²) in [5.41, 5.74) is -0.984. The zero-order chi connectivity index (χ0) is 29.8. The van der Waals surface area contributed by atoms with Gasteiger partial charge in [-0.15, -0.1) is 0 Å². The number of halogens is 16. The van der Waals surface area contributed by atoms with Crippen LogP contribution in [-0.4, -0.2) is 53.8 Å². The molecule has 0 spiro atoms.